The maximum atomic E-state index is 6.53. The summed E-state index contributed by atoms with van der Waals surface area (Å²) < 4.78 is 7.98. The van der Waals surface area contributed by atoms with Crippen molar-refractivity contribution >= 4 is 11.6 Å². The minimum absolute atomic E-state index is 0.198. The Morgan fingerprint density at radius 1 is 1.47 bits per heavy atom. The molecule has 2 N–H and O–H groups in total. The molecular weight excluding hydrogens is 262 g/mol. The number of aromatic nitrogens is 2. The van der Waals surface area contributed by atoms with Crippen LogP contribution in [-0.4, -0.2) is 22.0 Å². The van der Waals surface area contributed by atoms with E-state index in [4.69, 9.17) is 22.1 Å². The van der Waals surface area contributed by atoms with Crippen LogP contribution in [0.25, 0.3) is 0 Å². The Bertz CT molecular complexity index is 413. The highest BCUT2D eigenvalue weighted by molar-refractivity contribution is 6.31. The molecule has 1 aliphatic carbocycles. The van der Waals surface area contributed by atoms with Gasteiger partial charge in [0.1, 0.15) is 0 Å². The summed E-state index contributed by atoms with van der Waals surface area (Å²) in [4.78, 5) is 0. The van der Waals surface area contributed by atoms with E-state index in [1.165, 1.54) is 12.8 Å². The molecule has 0 saturated heterocycles. The van der Waals surface area contributed by atoms with Gasteiger partial charge < -0.3 is 10.5 Å². The summed E-state index contributed by atoms with van der Waals surface area (Å²) in [6.45, 7) is 5.68. The third-order valence-corrected chi connectivity index (χ3v) is 4.30. The first kappa shape index (κ1) is 14.8. The van der Waals surface area contributed by atoms with Crippen molar-refractivity contribution in [1.29, 1.82) is 0 Å². The summed E-state index contributed by atoms with van der Waals surface area (Å²) >= 11 is 6.30. The van der Waals surface area contributed by atoms with E-state index >= 15 is 0 Å². The van der Waals surface area contributed by atoms with Gasteiger partial charge in [0, 0.05) is 13.2 Å². The van der Waals surface area contributed by atoms with Gasteiger partial charge in [0.25, 0.3) is 0 Å². The van der Waals surface area contributed by atoms with Crippen LogP contribution in [0.2, 0.25) is 5.02 Å². The highest BCUT2D eigenvalue weighted by Gasteiger charge is 2.43. The van der Waals surface area contributed by atoms with E-state index in [0.717, 1.165) is 31.5 Å². The minimum Gasteiger partial charge on any atom is -0.373 e. The minimum atomic E-state index is -0.260. The molecule has 0 aliphatic heterocycles. The summed E-state index contributed by atoms with van der Waals surface area (Å²) in [7, 11) is 0. The number of nitrogens with zero attached hydrogens (tertiary/aromatic N) is 2. The molecule has 0 amide bonds. The molecular formula is C14H24ClN3O. The van der Waals surface area contributed by atoms with Crippen LogP contribution in [0.4, 0.5) is 0 Å². The van der Waals surface area contributed by atoms with Crippen LogP contribution in [0.5, 0.6) is 0 Å². The molecule has 5 heteroatoms. The van der Waals surface area contributed by atoms with Crippen molar-refractivity contribution in [3.8, 4) is 0 Å². The van der Waals surface area contributed by atoms with Crippen molar-refractivity contribution in [2.45, 2.75) is 64.1 Å². The summed E-state index contributed by atoms with van der Waals surface area (Å²) in [5.41, 5.74) is 7.20. The third kappa shape index (κ3) is 2.81. The predicted molar refractivity (Wildman–Crippen MR) is 77.3 cm³/mol. The van der Waals surface area contributed by atoms with Gasteiger partial charge in [0.05, 0.1) is 28.6 Å². The fourth-order valence-corrected chi connectivity index (χ4v) is 3.39. The maximum Gasteiger partial charge on any atom is 0.0889 e. The Balaban J connectivity index is 2.31. The smallest absolute Gasteiger partial charge is 0.0889 e. The second kappa shape index (κ2) is 6.25. The van der Waals surface area contributed by atoms with Gasteiger partial charge >= 0.3 is 0 Å². The van der Waals surface area contributed by atoms with E-state index in [-0.39, 0.29) is 11.6 Å². The van der Waals surface area contributed by atoms with E-state index in [2.05, 4.69) is 12.0 Å². The number of halogens is 1. The lowest BCUT2D eigenvalue weighted by molar-refractivity contribution is -0.0553. The van der Waals surface area contributed by atoms with Crippen molar-refractivity contribution in [1.82, 2.24) is 9.78 Å². The van der Waals surface area contributed by atoms with Crippen LogP contribution >= 0.6 is 11.6 Å². The molecule has 4 nitrogen and oxygen atoms in total. The Morgan fingerprint density at radius 3 is 2.74 bits per heavy atom. The molecule has 108 valence electrons. The lowest BCUT2D eigenvalue weighted by Crippen LogP contribution is -2.42. The van der Waals surface area contributed by atoms with E-state index in [1.807, 2.05) is 11.6 Å². The van der Waals surface area contributed by atoms with Gasteiger partial charge in [0.15, 0.2) is 0 Å². The first-order chi connectivity index (χ1) is 9.14. The first-order valence-corrected chi connectivity index (χ1v) is 7.63. The average molecular weight is 286 g/mol. The molecule has 0 bridgehead atoms. The molecule has 0 spiro atoms. The quantitative estimate of drug-likeness (QED) is 0.872. The number of hydrogen-bond acceptors (Lipinski definition) is 3. The third-order valence-electron chi connectivity index (χ3n) is 4.01. The zero-order valence-corrected chi connectivity index (χ0v) is 12.6. The average Bonchev–Trinajstić information content (AvgIpc) is 2.98. The first-order valence-electron chi connectivity index (χ1n) is 7.25. The zero-order chi connectivity index (χ0) is 13.9. The summed E-state index contributed by atoms with van der Waals surface area (Å²) in [5, 5.41) is 5.00. The van der Waals surface area contributed by atoms with Crippen LogP contribution in [-0.2, 0) is 11.3 Å². The molecule has 1 unspecified atom stereocenters. The number of nitrogens with two attached hydrogens (primary N) is 1. The van der Waals surface area contributed by atoms with Crippen molar-refractivity contribution in [2.24, 2.45) is 5.73 Å². The second-order valence-electron chi connectivity index (χ2n) is 5.28. The number of aryl methyl sites for hydroxylation is 1. The van der Waals surface area contributed by atoms with Crippen molar-refractivity contribution in [3.63, 3.8) is 0 Å². The molecule has 1 heterocycles. The van der Waals surface area contributed by atoms with Crippen molar-refractivity contribution in [2.75, 3.05) is 6.61 Å². The Labute approximate surface area is 120 Å². The topological polar surface area (TPSA) is 53.1 Å². The van der Waals surface area contributed by atoms with Gasteiger partial charge in [-0.2, -0.15) is 5.10 Å². The van der Waals surface area contributed by atoms with Gasteiger partial charge in [-0.25, -0.2) is 0 Å². The number of ether oxygens (including phenoxy) is 1. The van der Waals surface area contributed by atoms with Gasteiger partial charge in [-0.1, -0.05) is 31.4 Å². The fourth-order valence-electron chi connectivity index (χ4n) is 3.13. The van der Waals surface area contributed by atoms with Crippen molar-refractivity contribution < 1.29 is 4.74 Å². The molecule has 1 aromatic rings. The van der Waals surface area contributed by atoms with Crippen molar-refractivity contribution in [3.05, 3.63) is 16.9 Å². The molecule has 0 aromatic carbocycles. The zero-order valence-electron chi connectivity index (χ0n) is 11.9. The molecule has 1 saturated carbocycles. The van der Waals surface area contributed by atoms with Crippen LogP contribution in [0, 0.1) is 0 Å². The molecule has 1 fully saturated rings. The normalized spacial score (nSPS) is 19.8. The molecule has 2 rings (SSSR count). The van der Waals surface area contributed by atoms with Crippen LogP contribution in [0.15, 0.2) is 6.20 Å². The van der Waals surface area contributed by atoms with Gasteiger partial charge in [-0.05, 0) is 26.2 Å². The molecule has 0 radical (unpaired) electrons. The highest BCUT2D eigenvalue weighted by Crippen LogP contribution is 2.43. The van der Waals surface area contributed by atoms with Gasteiger partial charge in [-0.15, -0.1) is 0 Å². The Morgan fingerprint density at radius 2 is 2.16 bits per heavy atom. The lowest BCUT2D eigenvalue weighted by Gasteiger charge is -2.35. The lowest BCUT2D eigenvalue weighted by atomic mass is 9.90. The Hall–Kier alpha value is -0.580. The summed E-state index contributed by atoms with van der Waals surface area (Å²) in [6, 6.07) is -0.198. The van der Waals surface area contributed by atoms with E-state index in [9.17, 15) is 0 Å². The fraction of sp³-hybridized carbons (Fsp3) is 0.786. The number of hydrogen-bond donors (Lipinski definition) is 1. The largest absolute Gasteiger partial charge is 0.373 e. The van der Waals surface area contributed by atoms with Gasteiger partial charge in [-0.3, -0.25) is 4.68 Å². The van der Waals surface area contributed by atoms with E-state index in [1.54, 1.807) is 6.20 Å². The van der Waals surface area contributed by atoms with Gasteiger partial charge in [0.2, 0.25) is 0 Å². The predicted octanol–water partition coefficient (Wildman–Crippen LogP) is 3.30. The van der Waals surface area contributed by atoms with E-state index < -0.39 is 0 Å². The number of rotatable bonds is 6. The molecule has 1 aliphatic rings. The molecule has 19 heavy (non-hydrogen) atoms. The molecule has 1 atom stereocenters. The molecule has 1 aromatic heterocycles. The maximum absolute atomic E-state index is 6.53. The van der Waals surface area contributed by atoms with Crippen LogP contribution < -0.4 is 5.73 Å². The van der Waals surface area contributed by atoms with Crippen LogP contribution in [0.1, 0.15) is 57.7 Å². The standard InChI is InChI=1S/C14H24ClN3O/c1-3-9-18-12(11(15)10-17-18)13(16)14(19-4-2)7-5-6-8-14/h10,13H,3-9,16H2,1-2H3. The summed E-state index contributed by atoms with van der Waals surface area (Å²) in [6.07, 6.45) is 7.08. The monoisotopic (exact) mass is 285 g/mol. The second-order valence-corrected chi connectivity index (χ2v) is 5.69. The SMILES string of the molecule is CCCn1ncc(Cl)c1C(N)C1(OCC)CCCC1. The van der Waals surface area contributed by atoms with Crippen LogP contribution in [0.3, 0.4) is 0 Å². The van der Waals surface area contributed by atoms with E-state index in [0.29, 0.717) is 11.6 Å². The Kier molecular flexibility index (Phi) is 4.87. The summed E-state index contributed by atoms with van der Waals surface area (Å²) in [5.74, 6) is 0. The highest BCUT2D eigenvalue weighted by atomic mass is 35.5.